The minimum absolute atomic E-state index is 0.123. The molecule has 234 valence electrons. The highest BCUT2D eigenvalue weighted by Gasteiger charge is 2.49. The Labute approximate surface area is 288 Å². The molecule has 0 bridgehead atoms. The highest BCUT2D eigenvalue weighted by atomic mass is 127. The molecular weight excluding hydrogens is 741 g/mol. The lowest BCUT2D eigenvalue weighted by molar-refractivity contribution is -0.119. The van der Waals surface area contributed by atoms with E-state index in [1.54, 1.807) is 7.11 Å². The maximum absolute atomic E-state index is 14.2. The second-order valence-corrected chi connectivity index (χ2v) is 16.1. The molecule has 3 aliphatic rings. The van der Waals surface area contributed by atoms with Crippen molar-refractivity contribution in [3.8, 4) is 11.5 Å². The van der Waals surface area contributed by atoms with E-state index in [0.717, 1.165) is 60.1 Å². The summed E-state index contributed by atoms with van der Waals surface area (Å²) in [5.41, 5.74) is 6.37. The van der Waals surface area contributed by atoms with E-state index >= 15 is 0 Å². The second kappa shape index (κ2) is 12.4. The first-order chi connectivity index (χ1) is 21.4. The van der Waals surface area contributed by atoms with Gasteiger partial charge in [-0.2, -0.15) is 0 Å². The Bertz CT molecular complexity index is 1670. The lowest BCUT2D eigenvalue weighted by Crippen LogP contribution is -2.44. The Hall–Kier alpha value is -2.91. The fourth-order valence-electron chi connectivity index (χ4n) is 7.12. The first-order valence-corrected chi connectivity index (χ1v) is 17.3. The van der Waals surface area contributed by atoms with Gasteiger partial charge in [0.05, 0.1) is 10.7 Å². The summed E-state index contributed by atoms with van der Waals surface area (Å²) in [7, 11) is 1.64. The number of ketones is 2. The van der Waals surface area contributed by atoms with Gasteiger partial charge in [0.15, 0.2) is 23.1 Å². The number of carbonyl (C=O) groups is 2. The molecule has 0 spiro atoms. The number of nitrogens with zero attached hydrogens (tertiary/aromatic N) is 1. The van der Waals surface area contributed by atoms with Gasteiger partial charge in [0.2, 0.25) is 0 Å². The van der Waals surface area contributed by atoms with Crippen LogP contribution in [0.4, 0.5) is 0 Å². The Morgan fingerprint density at radius 1 is 0.822 bits per heavy atom. The number of carbonyl (C=O) groups excluding carboxylic acids is 2. The van der Waals surface area contributed by atoms with Crippen LogP contribution < -0.4 is 9.47 Å². The zero-order valence-corrected chi connectivity index (χ0v) is 30.3. The van der Waals surface area contributed by atoms with E-state index in [1.807, 2.05) is 48.5 Å². The van der Waals surface area contributed by atoms with Crippen LogP contribution in [-0.2, 0) is 22.7 Å². The maximum atomic E-state index is 14.2. The molecule has 0 fully saturated rings. The molecule has 6 rings (SSSR count). The average molecular weight is 781 g/mol. The molecule has 2 aliphatic carbocycles. The van der Waals surface area contributed by atoms with Crippen molar-refractivity contribution >= 4 is 50.1 Å². The summed E-state index contributed by atoms with van der Waals surface area (Å²) in [5, 5.41) is 0. The molecule has 45 heavy (non-hydrogen) atoms. The zero-order valence-electron chi connectivity index (χ0n) is 26.5. The normalized spacial score (nSPS) is 19.4. The third-order valence-corrected chi connectivity index (χ3v) is 10.4. The molecule has 1 heterocycles. The standard InChI is InChI=1S/C38H39BrINO4/c1-37(2)17-28-34(30(42)19-37)33(25-15-27(40)36(32(16-25)44-5)45-22-24-11-13-26(39)14-12-24)35-29(18-38(3,4)20-31(35)43)41(28)21-23-9-7-6-8-10-23/h6-16,33H,17-22H2,1-5H3. The summed E-state index contributed by atoms with van der Waals surface area (Å²) in [5.74, 6) is 1.05. The highest BCUT2D eigenvalue weighted by Crippen LogP contribution is 2.55. The van der Waals surface area contributed by atoms with E-state index in [4.69, 9.17) is 9.47 Å². The van der Waals surface area contributed by atoms with Crippen molar-refractivity contribution in [2.75, 3.05) is 7.11 Å². The van der Waals surface area contributed by atoms with Crippen molar-refractivity contribution < 1.29 is 19.1 Å². The van der Waals surface area contributed by atoms with Crippen LogP contribution in [0.5, 0.6) is 11.5 Å². The van der Waals surface area contributed by atoms with Gasteiger partial charge in [0, 0.05) is 52.3 Å². The molecule has 0 amide bonds. The predicted octanol–water partition coefficient (Wildman–Crippen LogP) is 9.53. The maximum Gasteiger partial charge on any atom is 0.174 e. The van der Waals surface area contributed by atoms with Crippen LogP contribution in [0.15, 0.2) is 93.7 Å². The van der Waals surface area contributed by atoms with Crippen molar-refractivity contribution in [3.63, 3.8) is 0 Å². The number of benzene rings is 3. The quantitative estimate of drug-likeness (QED) is 0.224. The van der Waals surface area contributed by atoms with Gasteiger partial charge in [0.1, 0.15) is 6.61 Å². The number of halogens is 2. The van der Waals surface area contributed by atoms with E-state index in [2.05, 4.69) is 89.3 Å². The van der Waals surface area contributed by atoms with Crippen LogP contribution in [0.2, 0.25) is 0 Å². The van der Waals surface area contributed by atoms with Gasteiger partial charge in [-0.15, -0.1) is 0 Å². The van der Waals surface area contributed by atoms with Gasteiger partial charge in [-0.25, -0.2) is 0 Å². The van der Waals surface area contributed by atoms with Crippen LogP contribution in [-0.4, -0.2) is 23.6 Å². The first-order valence-electron chi connectivity index (χ1n) is 15.4. The van der Waals surface area contributed by atoms with Crippen molar-refractivity contribution in [2.24, 2.45) is 10.8 Å². The van der Waals surface area contributed by atoms with Crippen molar-refractivity contribution in [2.45, 2.75) is 72.4 Å². The number of rotatable bonds is 7. The van der Waals surface area contributed by atoms with E-state index in [0.29, 0.717) is 37.5 Å². The Morgan fingerprint density at radius 3 is 1.96 bits per heavy atom. The smallest absolute Gasteiger partial charge is 0.174 e. The van der Waals surface area contributed by atoms with Crippen LogP contribution in [0.1, 0.15) is 76.0 Å². The molecule has 5 nitrogen and oxygen atoms in total. The molecule has 3 aromatic carbocycles. The van der Waals surface area contributed by atoms with Gasteiger partial charge in [0.25, 0.3) is 0 Å². The third-order valence-electron chi connectivity index (χ3n) is 9.09. The number of ether oxygens (including phenoxy) is 2. The first kappa shape index (κ1) is 32.0. The van der Waals surface area contributed by atoms with Crippen molar-refractivity contribution in [3.05, 3.63) is 114 Å². The molecule has 0 radical (unpaired) electrons. The van der Waals surface area contributed by atoms with E-state index in [9.17, 15) is 9.59 Å². The minimum Gasteiger partial charge on any atom is -0.493 e. The molecule has 1 aliphatic heterocycles. The second-order valence-electron chi connectivity index (χ2n) is 14.1. The lowest BCUT2D eigenvalue weighted by atomic mass is 9.63. The van der Waals surface area contributed by atoms with Crippen LogP contribution >= 0.6 is 38.5 Å². The summed E-state index contributed by atoms with van der Waals surface area (Å²) in [4.78, 5) is 30.8. The molecule has 0 atom stereocenters. The molecule has 0 aromatic heterocycles. The van der Waals surface area contributed by atoms with E-state index < -0.39 is 5.92 Å². The van der Waals surface area contributed by atoms with Gasteiger partial charge < -0.3 is 14.4 Å². The van der Waals surface area contributed by atoms with E-state index in [1.165, 1.54) is 0 Å². The summed E-state index contributed by atoms with van der Waals surface area (Å²) >= 11 is 5.78. The number of hydrogen-bond donors (Lipinski definition) is 0. The average Bonchev–Trinajstić information content (AvgIpc) is 2.97. The fourth-order valence-corrected chi connectivity index (χ4v) is 8.17. The van der Waals surface area contributed by atoms with Crippen LogP contribution in [0, 0.1) is 14.4 Å². The summed E-state index contributed by atoms with van der Waals surface area (Å²) < 4.78 is 14.1. The molecular formula is C38H39BrINO4. The Morgan fingerprint density at radius 2 is 1.40 bits per heavy atom. The van der Waals surface area contributed by atoms with Gasteiger partial charge in [-0.3, -0.25) is 9.59 Å². The van der Waals surface area contributed by atoms with Crippen LogP contribution in [0.25, 0.3) is 0 Å². The number of allylic oxidation sites excluding steroid dienone is 4. The SMILES string of the molecule is COc1cc(C2C3=C(CC(C)(C)CC3=O)N(Cc3ccccc3)C3=C2C(=O)CC(C)(C)C3)cc(I)c1OCc1ccc(Br)cc1. The largest absolute Gasteiger partial charge is 0.493 e. The summed E-state index contributed by atoms with van der Waals surface area (Å²) in [6, 6.07) is 22.5. The summed E-state index contributed by atoms with van der Waals surface area (Å²) in [6.07, 6.45) is 2.44. The third kappa shape index (κ3) is 6.53. The summed E-state index contributed by atoms with van der Waals surface area (Å²) in [6.45, 7) is 9.72. The van der Waals surface area contributed by atoms with Gasteiger partial charge >= 0.3 is 0 Å². The number of hydrogen-bond acceptors (Lipinski definition) is 5. The molecule has 0 unspecified atom stereocenters. The van der Waals surface area contributed by atoms with Crippen molar-refractivity contribution in [1.82, 2.24) is 4.90 Å². The molecule has 0 N–H and O–H groups in total. The predicted molar refractivity (Wildman–Crippen MR) is 189 cm³/mol. The lowest BCUT2D eigenvalue weighted by Gasteiger charge is -2.49. The molecule has 7 heteroatoms. The minimum atomic E-state index is -0.447. The topological polar surface area (TPSA) is 55.8 Å². The molecule has 3 aromatic rings. The number of Topliss-reactive ketones (excluding diaryl/α,β-unsaturated/α-hetero) is 2. The van der Waals surface area contributed by atoms with E-state index in [-0.39, 0.29) is 22.4 Å². The van der Waals surface area contributed by atoms with Crippen molar-refractivity contribution in [1.29, 1.82) is 0 Å². The molecule has 0 saturated heterocycles. The fraction of sp³-hybridized carbons (Fsp3) is 0.368. The molecule has 0 saturated carbocycles. The Kier molecular flexibility index (Phi) is 8.80. The monoisotopic (exact) mass is 779 g/mol. The van der Waals surface area contributed by atoms with Gasteiger partial charge in [-0.05, 0) is 87.2 Å². The zero-order chi connectivity index (χ0) is 32.1. The van der Waals surface area contributed by atoms with Gasteiger partial charge in [-0.1, -0.05) is 86.1 Å². The van der Waals surface area contributed by atoms with Crippen LogP contribution in [0.3, 0.4) is 0 Å². The highest BCUT2D eigenvalue weighted by molar-refractivity contribution is 14.1. The Balaban J connectivity index is 1.50. The number of methoxy groups -OCH3 is 1.